The molecule has 2 aliphatic rings. The van der Waals surface area contributed by atoms with E-state index in [0.717, 1.165) is 19.1 Å². The summed E-state index contributed by atoms with van der Waals surface area (Å²) in [7, 11) is -3.43. The maximum atomic E-state index is 11.1. The zero-order valence-electron chi connectivity index (χ0n) is 10.6. The molecule has 0 aromatic rings. The van der Waals surface area contributed by atoms with Gasteiger partial charge in [0.2, 0.25) is 0 Å². The molecule has 0 aromatic carbocycles. The molecular weight excluding hydrogens is 258 g/mol. The molecule has 2 rings (SSSR count). The number of hydrogen-bond acceptors (Lipinski definition) is 4. The van der Waals surface area contributed by atoms with E-state index in [1.54, 1.807) is 0 Å². The zero-order valence-corrected chi connectivity index (χ0v) is 11.4. The summed E-state index contributed by atoms with van der Waals surface area (Å²) < 4.78 is 27.2. The van der Waals surface area contributed by atoms with E-state index in [1.807, 2.05) is 6.92 Å². The van der Waals surface area contributed by atoms with Crippen LogP contribution >= 0.6 is 0 Å². The molecule has 1 amide bonds. The second kappa shape index (κ2) is 4.38. The van der Waals surface area contributed by atoms with Gasteiger partial charge in [-0.15, -0.1) is 0 Å². The highest BCUT2D eigenvalue weighted by Gasteiger charge is 2.57. The molecule has 6 nitrogen and oxygen atoms in total. The van der Waals surface area contributed by atoms with Gasteiger partial charge in [0.15, 0.2) is 0 Å². The van der Waals surface area contributed by atoms with Gasteiger partial charge >= 0.3 is 6.09 Å². The third-order valence-corrected chi connectivity index (χ3v) is 4.73. The lowest BCUT2D eigenvalue weighted by molar-refractivity contribution is -0.0587. The highest BCUT2D eigenvalue weighted by atomic mass is 32.2. The monoisotopic (exact) mass is 277 g/mol. The number of nitrogens with zero attached hydrogens (tertiary/aromatic N) is 1. The van der Waals surface area contributed by atoms with Crippen molar-refractivity contribution >= 4 is 16.2 Å². The summed E-state index contributed by atoms with van der Waals surface area (Å²) in [4.78, 5) is 12.4. The second-order valence-electron chi connectivity index (χ2n) is 5.36. The first kappa shape index (κ1) is 13.6. The van der Waals surface area contributed by atoms with Crippen molar-refractivity contribution in [2.45, 2.75) is 44.8 Å². The van der Waals surface area contributed by atoms with E-state index in [9.17, 15) is 13.2 Å². The highest BCUT2D eigenvalue weighted by Crippen LogP contribution is 2.52. The van der Waals surface area contributed by atoms with Crippen LogP contribution in [0.3, 0.4) is 0 Å². The van der Waals surface area contributed by atoms with E-state index >= 15 is 0 Å². The van der Waals surface area contributed by atoms with Crippen molar-refractivity contribution in [2.24, 2.45) is 5.41 Å². The Hall–Kier alpha value is -0.820. The minimum absolute atomic E-state index is 0.00293. The summed E-state index contributed by atoms with van der Waals surface area (Å²) in [6.45, 7) is 2.47. The molecule has 2 unspecified atom stereocenters. The topological polar surface area (TPSA) is 83.9 Å². The molecule has 1 aliphatic carbocycles. The van der Waals surface area contributed by atoms with Crippen LogP contribution in [0.2, 0.25) is 0 Å². The van der Waals surface area contributed by atoms with E-state index in [4.69, 9.17) is 9.29 Å². The van der Waals surface area contributed by atoms with E-state index < -0.39 is 16.2 Å². The van der Waals surface area contributed by atoms with E-state index in [0.29, 0.717) is 19.4 Å². The van der Waals surface area contributed by atoms with Crippen LogP contribution in [0.5, 0.6) is 0 Å². The molecule has 7 heteroatoms. The lowest BCUT2D eigenvalue weighted by Gasteiger charge is -2.54. The second-order valence-corrected chi connectivity index (χ2v) is 6.96. The maximum Gasteiger partial charge on any atom is 0.407 e. The number of rotatable bonds is 3. The Labute approximate surface area is 107 Å². The first-order valence-corrected chi connectivity index (χ1v) is 7.97. The third-order valence-electron chi connectivity index (χ3n) is 4.11. The van der Waals surface area contributed by atoms with Crippen molar-refractivity contribution in [2.75, 3.05) is 12.8 Å². The van der Waals surface area contributed by atoms with Gasteiger partial charge in [-0.25, -0.2) is 4.79 Å². The first-order chi connectivity index (χ1) is 8.27. The van der Waals surface area contributed by atoms with E-state index in [2.05, 4.69) is 0 Å². The summed E-state index contributed by atoms with van der Waals surface area (Å²) in [5, 5.41) is 9.03. The number of amides is 1. The molecule has 1 aliphatic heterocycles. The predicted octanol–water partition coefficient (Wildman–Crippen LogP) is 1.27. The third kappa shape index (κ3) is 2.33. The molecule has 1 N–H and O–H groups in total. The maximum absolute atomic E-state index is 11.1. The van der Waals surface area contributed by atoms with Gasteiger partial charge in [0.05, 0.1) is 12.4 Å². The Kier molecular flexibility index (Phi) is 3.31. The minimum Gasteiger partial charge on any atom is -0.465 e. The summed E-state index contributed by atoms with van der Waals surface area (Å²) in [5.74, 6) is 0. The summed E-state index contributed by atoms with van der Waals surface area (Å²) in [6.07, 6.45) is 2.82. The Balaban J connectivity index is 2.02. The molecule has 0 bridgehead atoms. The summed E-state index contributed by atoms with van der Waals surface area (Å²) in [6, 6.07) is 0.00293. The lowest BCUT2D eigenvalue weighted by atomic mass is 9.69. The Morgan fingerprint density at radius 2 is 2.22 bits per heavy atom. The zero-order chi connectivity index (χ0) is 13.6. The molecule has 1 saturated heterocycles. The average molecular weight is 277 g/mol. The fraction of sp³-hybridized carbons (Fsp3) is 0.909. The van der Waals surface area contributed by atoms with Crippen LogP contribution in [0.4, 0.5) is 4.79 Å². The predicted molar refractivity (Wildman–Crippen MR) is 64.8 cm³/mol. The average Bonchev–Trinajstić information content (AvgIpc) is 2.58. The SMILES string of the molecule is CCC1N(C(=O)O)CC12CC[C@H](OS(C)(=O)=O)C2. The quantitative estimate of drug-likeness (QED) is 0.785. The van der Waals surface area contributed by atoms with Crippen LogP contribution in [0.15, 0.2) is 0 Å². The minimum atomic E-state index is -3.43. The number of hydrogen-bond donors (Lipinski definition) is 1. The smallest absolute Gasteiger partial charge is 0.407 e. The van der Waals surface area contributed by atoms with Crippen molar-refractivity contribution in [3.05, 3.63) is 0 Å². The molecule has 104 valence electrons. The summed E-state index contributed by atoms with van der Waals surface area (Å²) >= 11 is 0. The van der Waals surface area contributed by atoms with Gasteiger partial charge in [0, 0.05) is 18.0 Å². The number of carbonyl (C=O) groups is 1. The van der Waals surface area contributed by atoms with Gasteiger partial charge < -0.3 is 10.0 Å². The summed E-state index contributed by atoms with van der Waals surface area (Å²) in [5.41, 5.74) is -0.0670. The van der Waals surface area contributed by atoms with Gasteiger partial charge in [-0.05, 0) is 25.7 Å². The Morgan fingerprint density at radius 1 is 1.56 bits per heavy atom. The number of likely N-dealkylation sites (tertiary alicyclic amines) is 1. The van der Waals surface area contributed by atoms with Gasteiger partial charge in [-0.3, -0.25) is 4.18 Å². The van der Waals surface area contributed by atoms with Crippen molar-refractivity contribution in [3.63, 3.8) is 0 Å². The largest absolute Gasteiger partial charge is 0.465 e. The van der Waals surface area contributed by atoms with E-state index in [-0.39, 0.29) is 17.6 Å². The normalized spacial score (nSPS) is 35.8. The fourth-order valence-electron chi connectivity index (χ4n) is 3.51. The van der Waals surface area contributed by atoms with Crippen molar-refractivity contribution in [1.29, 1.82) is 0 Å². The molecule has 1 heterocycles. The fourth-order valence-corrected chi connectivity index (χ4v) is 4.17. The van der Waals surface area contributed by atoms with Crippen molar-refractivity contribution < 1.29 is 22.5 Å². The van der Waals surface area contributed by atoms with Gasteiger partial charge in [-0.1, -0.05) is 6.92 Å². The molecule has 0 radical (unpaired) electrons. The molecule has 1 spiro atoms. The van der Waals surface area contributed by atoms with Crippen LogP contribution in [0, 0.1) is 5.41 Å². The first-order valence-electron chi connectivity index (χ1n) is 6.15. The molecular formula is C11H19NO5S. The van der Waals surface area contributed by atoms with Crippen LogP contribution in [-0.2, 0) is 14.3 Å². The Bertz CT molecular complexity index is 448. The highest BCUT2D eigenvalue weighted by molar-refractivity contribution is 7.86. The van der Waals surface area contributed by atoms with Gasteiger partial charge in [-0.2, -0.15) is 8.42 Å². The van der Waals surface area contributed by atoms with Crippen molar-refractivity contribution in [1.82, 2.24) is 4.90 Å². The molecule has 18 heavy (non-hydrogen) atoms. The van der Waals surface area contributed by atoms with Crippen LogP contribution in [-0.4, -0.2) is 49.5 Å². The van der Waals surface area contributed by atoms with Crippen LogP contribution in [0.1, 0.15) is 32.6 Å². The van der Waals surface area contributed by atoms with Crippen LogP contribution < -0.4 is 0 Å². The van der Waals surface area contributed by atoms with Crippen LogP contribution in [0.25, 0.3) is 0 Å². The van der Waals surface area contributed by atoms with Crippen molar-refractivity contribution in [3.8, 4) is 0 Å². The van der Waals surface area contributed by atoms with E-state index in [1.165, 1.54) is 4.90 Å². The molecule has 3 atom stereocenters. The molecule has 1 saturated carbocycles. The molecule has 0 aromatic heterocycles. The lowest BCUT2D eigenvalue weighted by Crippen LogP contribution is -2.65. The standard InChI is InChI=1S/C11H19NO5S/c1-3-9-11(7-12(9)10(13)14)5-4-8(6-11)17-18(2,15)16/h8-9H,3-7H2,1-2H3,(H,13,14)/t8-,9?,11?/m0/s1. The molecule has 2 fully saturated rings. The number of carboxylic acid groups (broad SMARTS) is 1. The Morgan fingerprint density at radius 3 is 2.72 bits per heavy atom. The van der Waals surface area contributed by atoms with Gasteiger partial charge in [0.1, 0.15) is 0 Å². The van der Waals surface area contributed by atoms with Gasteiger partial charge in [0.25, 0.3) is 10.1 Å².